The van der Waals surface area contributed by atoms with Crippen LogP contribution in [0.2, 0.25) is 10.0 Å². The van der Waals surface area contributed by atoms with Gasteiger partial charge in [-0.25, -0.2) is 0 Å². The molecule has 1 saturated heterocycles. The van der Waals surface area contributed by atoms with Gasteiger partial charge in [-0.05, 0) is 43.9 Å². The van der Waals surface area contributed by atoms with Gasteiger partial charge < -0.3 is 14.8 Å². The first-order valence-electron chi connectivity index (χ1n) is 7.60. The van der Waals surface area contributed by atoms with E-state index in [1.807, 2.05) is 6.07 Å². The third kappa shape index (κ3) is 5.33. The lowest BCUT2D eigenvalue weighted by Crippen LogP contribution is -2.22. The summed E-state index contributed by atoms with van der Waals surface area (Å²) in [7, 11) is 0. The third-order valence-corrected chi connectivity index (χ3v) is 4.13. The molecule has 0 aromatic heterocycles. The fraction of sp³-hybridized carbons (Fsp3) is 0.625. The van der Waals surface area contributed by atoms with Crippen molar-refractivity contribution >= 4 is 23.2 Å². The van der Waals surface area contributed by atoms with Crippen LogP contribution in [-0.4, -0.2) is 26.4 Å². The van der Waals surface area contributed by atoms with Crippen LogP contribution in [0, 0.1) is 5.92 Å². The number of ether oxygens (including phenoxy) is 2. The zero-order valence-corrected chi connectivity index (χ0v) is 14.0. The Hall–Kier alpha value is -0.480. The maximum absolute atomic E-state index is 6.30. The van der Waals surface area contributed by atoms with Crippen molar-refractivity contribution in [2.45, 2.75) is 32.7 Å². The molecule has 1 fully saturated rings. The summed E-state index contributed by atoms with van der Waals surface area (Å²) in [6.07, 6.45) is 3.19. The second-order valence-corrected chi connectivity index (χ2v) is 6.26. The van der Waals surface area contributed by atoms with Gasteiger partial charge in [-0.2, -0.15) is 0 Å². The minimum atomic E-state index is 0.543. The highest BCUT2D eigenvalue weighted by Crippen LogP contribution is 2.33. The summed E-state index contributed by atoms with van der Waals surface area (Å²) in [5.74, 6) is 1.30. The standard InChI is InChI=1S/C16H23Cl2NO2/c1-2-5-19-10-13-8-14(17)9-15(18)16(13)21-11-12-3-6-20-7-4-12/h8-9,12,19H,2-7,10-11H2,1H3. The van der Waals surface area contributed by atoms with Gasteiger partial charge in [0.25, 0.3) is 0 Å². The normalized spacial score (nSPS) is 16.1. The van der Waals surface area contributed by atoms with Gasteiger partial charge in [-0.1, -0.05) is 30.1 Å². The molecule has 0 unspecified atom stereocenters. The van der Waals surface area contributed by atoms with E-state index >= 15 is 0 Å². The molecule has 3 nitrogen and oxygen atoms in total. The molecular weight excluding hydrogens is 309 g/mol. The summed E-state index contributed by atoms with van der Waals surface area (Å²) in [6, 6.07) is 3.67. The zero-order chi connectivity index (χ0) is 15.1. The fourth-order valence-electron chi connectivity index (χ4n) is 2.42. The number of halogens is 2. The highest BCUT2D eigenvalue weighted by atomic mass is 35.5. The SMILES string of the molecule is CCCNCc1cc(Cl)cc(Cl)c1OCC1CCOCC1. The van der Waals surface area contributed by atoms with Crippen molar-refractivity contribution in [3.8, 4) is 5.75 Å². The van der Waals surface area contributed by atoms with Crippen molar-refractivity contribution in [3.05, 3.63) is 27.7 Å². The van der Waals surface area contributed by atoms with E-state index in [0.717, 1.165) is 56.9 Å². The van der Waals surface area contributed by atoms with Crippen LogP contribution >= 0.6 is 23.2 Å². The first-order chi connectivity index (χ1) is 10.2. The number of nitrogens with one attached hydrogen (secondary N) is 1. The number of benzene rings is 1. The van der Waals surface area contributed by atoms with Crippen molar-refractivity contribution in [1.82, 2.24) is 5.32 Å². The van der Waals surface area contributed by atoms with Crippen LogP contribution in [0.1, 0.15) is 31.7 Å². The van der Waals surface area contributed by atoms with E-state index < -0.39 is 0 Å². The lowest BCUT2D eigenvalue weighted by Gasteiger charge is -2.23. The minimum Gasteiger partial charge on any atom is -0.491 e. The van der Waals surface area contributed by atoms with Gasteiger partial charge in [0.15, 0.2) is 0 Å². The predicted octanol–water partition coefficient (Wildman–Crippen LogP) is 4.30. The van der Waals surface area contributed by atoms with Crippen LogP contribution < -0.4 is 10.1 Å². The quantitative estimate of drug-likeness (QED) is 0.755. The van der Waals surface area contributed by atoms with Crippen LogP contribution in [-0.2, 0) is 11.3 Å². The maximum Gasteiger partial charge on any atom is 0.142 e. The van der Waals surface area contributed by atoms with Crippen LogP contribution in [0.4, 0.5) is 0 Å². The van der Waals surface area contributed by atoms with E-state index in [1.165, 1.54) is 0 Å². The molecule has 1 heterocycles. The summed E-state index contributed by atoms with van der Waals surface area (Å²) in [5.41, 5.74) is 1.02. The van der Waals surface area contributed by atoms with Gasteiger partial charge in [-0.15, -0.1) is 0 Å². The smallest absolute Gasteiger partial charge is 0.142 e. The summed E-state index contributed by atoms with van der Waals surface area (Å²) < 4.78 is 11.4. The first kappa shape index (κ1) is 16.9. The molecule has 1 aliphatic heterocycles. The average molecular weight is 332 g/mol. The molecule has 0 amide bonds. The summed E-state index contributed by atoms with van der Waals surface area (Å²) in [5, 5.41) is 4.60. The van der Waals surface area contributed by atoms with Gasteiger partial charge in [-0.3, -0.25) is 0 Å². The maximum atomic E-state index is 6.30. The highest BCUT2D eigenvalue weighted by Gasteiger charge is 2.17. The lowest BCUT2D eigenvalue weighted by atomic mass is 10.0. The average Bonchev–Trinajstić information content (AvgIpc) is 2.47. The Morgan fingerprint density at radius 2 is 2.05 bits per heavy atom. The third-order valence-electron chi connectivity index (χ3n) is 3.63. The van der Waals surface area contributed by atoms with Crippen molar-refractivity contribution in [3.63, 3.8) is 0 Å². The number of hydrogen-bond acceptors (Lipinski definition) is 3. The van der Waals surface area contributed by atoms with Crippen LogP contribution in [0.3, 0.4) is 0 Å². The molecule has 1 aromatic rings. The Labute approximate surface area is 136 Å². The van der Waals surface area contributed by atoms with Gasteiger partial charge in [0.1, 0.15) is 5.75 Å². The monoisotopic (exact) mass is 331 g/mol. The van der Waals surface area contributed by atoms with Gasteiger partial charge in [0, 0.05) is 30.3 Å². The molecule has 5 heteroatoms. The minimum absolute atomic E-state index is 0.543. The fourth-order valence-corrected chi connectivity index (χ4v) is 3.01. The molecule has 118 valence electrons. The van der Waals surface area contributed by atoms with Gasteiger partial charge in [0.05, 0.1) is 11.6 Å². The lowest BCUT2D eigenvalue weighted by molar-refractivity contribution is 0.0496. The first-order valence-corrected chi connectivity index (χ1v) is 8.35. The highest BCUT2D eigenvalue weighted by molar-refractivity contribution is 6.35. The number of rotatable bonds is 7. The molecule has 21 heavy (non-hydrogen) atoms. The van der Waals surface area contributed by atoms with Gasteiger partial charge >= 0.3 is 0 Å². The molecule has 1 aliphatic rings. The Kier molecular flexibility index (Phi) is 7.11. The largest absolute Gasteiger partial charge is 0.491 e. The molecule has 0 aliphatic carbocycles. The Balaban J connectivity index is 2.01. The topological polar surface area (TPSA) is 30.5 Å². The molecule has 0 saturated carbocycles. The summed E-state index contributed by atoms with van der Waals surface area (Å²) >= 11 is 12.4. The van der Waals surface area contributed by atoms with Crippen LogP contribution in [0.5, 0.6) is 5.75 Å². The molecule has 0 radical (unpaired) electrons. The van der Waals surface area contributed by atoms with Gasteiger partial charge in [0.2, 0.25) is 0 Å². The Bertz CT molecular complexity index is 448. The molecule has 0 spiro atoms. The molecule has 1 N–H and O–H groups in total. The second-order valence-electron chi connectivity index (χ2n) is 5.42. The van der Waals surface area contributed by atoms with Crippen molar-refractivity contribution in [1.29, 1.82) is 0 Å². The van der Waals surface area contributed by atoms with Crippen molar-refractivity contribution in [2.24, 2.45) is 5.92 Å². The zero-order valence-electron chi connectivity index (χ0n) is 12.5. The molecule has 0 atom stereocenters. The second kappa shape index (κ2) is 8.84. The Morgan fingerprint density at radius 3 is 2.76 bits per heavy atom. The van der Waals surface area contributed by atoms with E-state index in [2.05, 4.69) is 12.2 Å². The van der Waals surface area contributed by atoms with Crippen LogP contribution in [0.15, 0.2) is 12.1 Å². The van der Waals surface area contributed by atoms with Crippen molar-refractivity contribution < 1.29 is 9.47 Å². The molecular formula is C16H23Cl2NO2. The van der Waals surface area contributed by atoms with Crippen molar-refractivity contribution in [2.75, 3.05) is 26.4 Å². The van der Waals surface area contributed by atoms with Crippen LogP contribution in [0.25, 0.3) is 0 Å². The predicted molar refractivity (Wildman–Crippen MR) is 87.5 cm³/mol. The number of hydrogen-bond donors (Lipinski definition) is 1. The molecule has 2 rings (SSSR count). The van der Waals surface area contributed by atoms with E-state index in [4.69, 9.17) is 32.7 Å². The summed E-state index contributed by atoms with van der Waals surface area (Å²) in [4.78, 5) is 0. The summed E-state index contributed by atoms with van der Waals surface area (Å²) in [6.45, 7) is 6.16. The Morgan fingerprint density at radius 1 is 1.29 bits per heavy atom. The van der Waals surface area contributed by atoms with E-state index in [-0.39, 0.29) is 0 Å². The molecule has 1 aromatic carbocycles. The molecule has 0 bridgehead atoms. The van der Waals surface area contributed by atoms with E-state index in [1.54, 1.807) is 6.07 Å². The van der Waals surface area contributed by atoms with E-state index in [9.17, 15) is 0 Å². The van der Waals surface area contributed by atoms with E-state index in [0.29, 0.717) is 22.6 Å².